The molecule has 1 aliphatic rings. The molecule has 1 unspecified atom stereocenters. The number of nitrogens with zero attached hydrogens (tertiary/aromatic N) is 1. The zero-order chi connectivity index (χ0) is 22.3. The standard InChI is InChI=1S/C25H26FNO5/c1-29-23-7-3-2-5-18(23)15-27(16-21-6-4-14-30-21)25(28)24-13-12-22(32-24)17-31-20-10-8-19(26)9-11-20/h2-3,5,7-13,21H,4,6,14-17H2,1H3. The zero-order valence-electron chi connectivity index (χ0n) is 18.0. The van der Waals surface area contributed by atoms with Gasteiger partial charge in [-0.15, -0.1) is 0 Å². The second kappa shape index (κ2) is 10.3. The molecular weight excluding hydrogens is 413 g/mol. The molecule has 2 aromatic carbocycles. The van der Waals surface area contributed by atoms with E-state index >= 15 is 0 Å². The topological polar surface area (TPSA) is 61.1 Å². The van der Waals surface area contributed by atoms with E-state index < -0.39 is 0 Å². The Morgan fingerprint density at radius 3 is 2.69 bits per heavy atom. The second-order valence-electron chi connectivity index (χ2n) is 7.64. The van der Waals surface area contributed by atoms with Crippen LogP contribution in [-0.2, 0) is 17.9 Å². The maximum absolute atomic E-state index is 13.3. The lowest BCUT2D eigenvalue weighted by atomic mass is 10.1. The lowest BCUT2D eigenvalue weighted by molar-refractivity contribution is 0.0479. The summed E-state index contributed by atoms with van der Waals surface area (Å²) in [7, 11) is 1.62. The molecule has 0 radical (unpaired) electrons. The predicted molar refractivity (Wildman–Crippen MR) is 116 cm³/mol. The third kappa shape index (κ3) is 5.48. The Kier molecular flexibility index (Phi) is 7.07. The molecule has 6 nitrogen and oxygen atoms in total. The molecule has 0 bridgehead atoms. The normalized spacial score (nSPS) is 15.5. The van der Waals surface area contributed by atoms with Gasteiger partial charge in [-0.3, -0.25) is 4.79 Å². The highest BCUT2D eigenvalue weighted by Gasteiger charge is 2.26. The van der Waals surface area contributed by atoms with Gasteiger partial charge in [-0.25, -0.2) is 4.39 Å². The number of methoxy groups -OCH3 is 1. The highest BCUT2D eigenvalue weighted by Crippen LogP contribution is 2.23. The van der Waals surface area contributed by atoms with Gasteiger partial charge in [0.2, 0.25) is 0 Å². The Balaban J connectivity index is 1.46. The molecule has 1 atom stereocenters. The first kappa shape index (κ1) is 21.9. The molecular formula is C25H26FNO5. The fourth-order valence-corrected chi connectivity index (χ4v) is 3.70. The Morgan fingerprint density at radius 2 is 1.94 bits per heavy atom. The quantitative estimate of drug-likeness (QED) is 0.478. The molecule has 1 fully saturated rings. The van der Waals surface area contributed by atoms with E-state index in [0.717, 1.165) is 24.2 Å². The number of rotatable bonds is 9. The summed E-state index contributed by atoms with van der Waals surface area (Å²) in [6, 6.07) is 16.7. The minimum atomic E-state index is -0.329. The van der Waals surface area contributed by atoms with E-state index in [2.05, 4.69) is 0 Å². The molecule has 0 spiro atoms. The van der Waals surface area contributed by atoms with Crippen molar-refractivity contribution >= 4 is 5.91 Å². The minimum absolute atomic E-state index is 0.00454. The molecule has 1 aromatic heterocycles. The molecule has 32 heavy (non-hydrogen) atoms. The summed E-state index contributed by atoms with van der Waals surface area (Å²) in [5.41, 5.74) is 0.910. The number of ether oxygens (including phenoxy) is 3. The van der Waals surface area contributed by atoms with Gasteiger partial charge in [-0.1, -0.05) is 18.2 Å². The monoisotopic (exact) mass is 439 g/mol. The molecule has 3 aromatic rings. The lowest BCUT2D eigenvalue weighted by Crippen LogP contribution is -2.36. The van der Waals surface area contributed by atoms with Gasteiger partial charge in [-0.2, -0.15) is 0 Å². The first-order valence-electron chi connectivity index (χ1n) is 10.6. The average molecular weight is 439 g/mol. The van der Waals surface area contributed by atoms with Gasteiger partial charge in [0.15, 0.2) is 5.76 Å². The van der Waals surface area contributed by atoms with Gasteiger partial charge in [0.1, 0.15) is 29.7 Å². The molecule has 1 amide bonds. The number of amides is 1. The van der Waals surface area contributed by atoms with Crippen LogP contribution in [0.5, 0.6) is 11.5 Å². The van der Waals surface area contributed by atoms with Crippen LogP contribution in [0.2, 0.25) is 0 Å². The summed E-state index contributed by atoms with van der Waals surface area (Å²) in [4.78, 5) is 15.0. The van der Waals surface area contributed by atoms with Crippen molar-refractivity contribution < 1.29 is 27.8 Å². The molecule has 4 rings (SSSR count). The number of para-hydroxylation sites is 1. The number of halogens is 1. The highest BCUT2D eigenvalue weighted by molar-refractivity contribution is 5.91. The Morgan fingerprint density at radius 1 is 1.12 bits per heavy atom. The summed E-state index contributed by atoms with van der Waals surface area (Å²) in [5.74, 6) is 1.43. The number of benzene rings is 2. The predicted octanol–water partition coefficient (Wildman–Crippen LogP) is 4.83. The fourth-order valence-electron chi connectivity index (χ4n) is 3.70. The van der Waals surface area contributed by atoms with Crippen LogP contribution in [-0.4, -0.2) is 37.2 Å². The van der Waals surface area contributed by atoms with Crippen LogP contribution in [0.25, 0.3) is 0 Å². The maximum Gasteiger partial charge on any atom is 0.289 e. The van der Waals surface area contributed by atoms with Gasteiger partial charge >= 0.3 is 0 Å². The first-order valence-corrected chi connectivity index (χ1v) is 10.6. The van der Waals surface area contributed by atoms with E-state index in [-0.39, 0.29) is 30.2 Å². The Hall–Kier alpha value is -3.32. The van der Waals surface area contributed by atoms with Crippen LogP contribution in [0.3, 0.4) is 0 Å². The SMILES string of the molecule is COc1ccccc1CN(CC1CCCO1)C(=O)c1ccc(COc2ccc(F)cc2)o1. The van der Waals surface area contributed by atoms with E-state index in [9.17, 15) is 9.18 Å². The number of hydrogen-bond acceptors (Lipinski definition) is 5. The van der Waals surface area contributed by atoms with Crippen LogP contribution in [0.15, 0.2) is 65.1 Å². The molecule has 0 N–H and O–H groups in total. The molecule has 1 saturated heterocycles. The van der Waals surface area contributed by atoms with Crippen molar-refractivity contribution in [2.75, 3.05) is 20.3 Å². The van der Waals surface area contributed by atoms with Crippen LogP contribution in [0.1, 0.15) is 34.7 Å². The van der Waals surface area contributed by atoms with E-state index in [1.165, 1.54) is 12.1 Å². The molecule has 1 aliphatic heterocycles. The average Bonchev–Trinajstić information content (AvgIpc) is 3.50. The lowest BCUT2D eigenvalue weighted by Gasteiger charge is -2.25. The van der Waals surface area contributed by atoms with Crippen molar-refractivity contribution in [1.82, 2.24) is 4.90 Å². The zero-order valence-corrected chi connectivity index (χ0v) is 18.0. The van der Waals surface area contributed by atoms with Crippen molar-refractivity contribution in [3.63, 3.8) is 0 Å². The van der Waals surface area contributed by atoms with Crippen molar-refractivity contribution in [3.05, 3.63) is 83.6 Å². The van der Waals surface area contributed by atoms with Crippen LogP contribution < -0.4 is 9.47 Å². The summed E-state index contributed by atoms with van der Waals surface area (Å²) in [5, 5.41) is 0. The summed E-state index contributed by atoms with van der Waals surface area (Å²) in [6.45, 7) is 1.70. The third-order valence-electron chi connectivity index (χ3n) is 5.36. The molecule has 0 saturated carbocycles. The van der Waals surface area contributed by atoms with Gasteiger partial charge in [-0.05, 0) is 55.3 Å². The number of furan rings is 1. The van der Waals surface area contributed by atoms with E-state index in [1.807, 2.05) is 24.3 Å². The van der Waals surface area contributed by atoms with Crippen molar-refractivity contribution in [2.24, 2.45) is 0 Å². The largest absolute Gasteiger partial charge is 0.496 e. The highest BCUT2D eigenvalue weighted by atomic mass is 19.1. The van der Waals surface area contributed by atoms with Crippen LogP contribution in [0, 0.1) is 5.82 Å². The molecule has 0 aliphatic carbocycles. The van der Waals surface area contributed by atoms with Gasteiger partial charge in [0.05, 0.1) is 13.2 Å². The van der Waals surface area contributed by atoms with Crippen molar-refractivity contribution in [3.8, 4) is 11.5 Å². The number of carbonyl (C=O) groups is 1. The smallest absolute Gasteiger partial charge is 0.289 e. The van der Waals surface area contributed by atoms with Crippen molar-refractivity contribution in [2.45, 2.75) is 32.1 Å². The number of hydrogen-bond donors (Lipinski definition) is 0. The Bertz CT molecular complexity index is 1030. The summed E-state index contributed by atoms with van der Waals surface area (Å²) in [6.07, 6.45) is 1.92. The summed E-state index contributed by atoms with van der Waals surface area (Å²) >= 11 is 0. The Labute approximate surface area is 186 Å². The fraction of sp³-hybridized carbons (Fsp3) is 0.320. The second-order valence-corrected chi connectivity index (χ2v) is 7.64. The van der Waals surface area contributed by atoms with E-state index in [4.69, 9.17) is 18.6 Å². The van der Waals surface area contributed by atoms with Crippen LogP contribution in [0.4, 0.5) is 4.39 Å². The first-order chi connectivity index (χ1) is 15.6. The molecule has 7 heteroatoms. The van der Waals surface area contributed by atoms with E-state index in [0.29, 0.717) is 31.2 Å². The van der Waals surface area contributed by atoms with Gasteiger partial charge in [0, 0.05) is 25.3 Å². The minimum Gasteiger partial charge on any atom is -0.496 e. The van der Waals surface area contributed by atoms with Gasteiger partial charge < -0.3 is 23.5 Å². The molecule has 2 heterocycles. The summed E-state index contributed by atoms with van der Waals surface area (Å²) < 4.78 is 35.6. The number of carbonyl (C=O) groups excluding carboxylic acids is 1. The third-order valence-corrected chi connectivity index (χ3v) is 5.36. The molecule has 168 valence electrons. The van der Waals surface area contributed by atoms with Crippen molar-refractivity contribution in [1.29, 1.82) is 0 Å². The maximum atomic E-state index is 13.3. The van der Waals surface area contributed by atoms with Gasteiger partial charge in [0.25, 0.3) is 5.91 Å². The van der Waals surface area contributed by atoms with E-state index in [1.54, 1.807) is 36.3 Å². The van der Waals surface area contributed by atoms with Crippen LogP contribution >= 0.6 is 0 Å².